The number of ketones is 1. The highest BCUT2D eigenvalue weighted by Gasteiger charge is 2.14. The zero-order valence-electron chi connectivity index (χ0n) is 18.8. The van der Waals surface area contributed by atoms with E-state index < -0.39 is 0 Å². The molecule has 0 bridgehead atoms. The van der Waals surface area contributed by atoms with Crippen LogP contribution in [0.1, 0.15) is 21.8 Å². The highest BCUT2D eigenvalue weighted by atomic mass is 35.5. The van der Waals surface area contributed by atoms with Gasteiger partial charge >= 0.3 is 0 Å². The molecule has 0 amide bonds. The number of aryl methyl sites for hydroxylation is 1. The number of nitrogens with zero attached hydrogens (tertiary/aromatic N) is 5. The number of hydrogen-bond donors (Lipinski definition) is 0. The van der Waals surface area contributed by atoms with Crippen molar-refractivity contribution in [3.8, 4) is 17.1 Å². The lowest BCUT2D eigenvalue weighted by molar-refractivity contribution is 0.0986. The molecule has 10 heteroatoms. The monoisotopic (exact) mass is 497 g/mol. The van der Waals surface area contributed by atoms with E-state index in [1.807, 2.05) is 37.2 Å². The number of rotatable bonds is 10. The van der Waals surface area contributed by atoms with Crippen LogP contribution >= 0.6 is 22.9 Å². The van der Waals surface area contributed by atoms with Crippen LogP contribution in [-0.2, 0) is 6.42 Å². The summed E-state index contributed by atoms with van der Waals surface area (Å²) in [7, 11) is 3.94. The summed E-state index contributed by atoms with van der Waals surface area (Å²) in [4.78, 5) is 27.3. The Hall–Kier alpha value is -3.27. The summed E-state index contributed by atoms with van der Waals surface area (Å²) < 4.78 is 9.84. The Morgan fingerprint density at radius 3 is 2.76 bits per heavy atom. The maximum absolute atomic E-state index is 12.4. The molecule has 4 rings (SSSR count). The third-order valence-corrected chi connectivity index (χ3v) is 6.36. The smallest absolute Gasteiger partial charge is 0.255 e. The molecular formula is C24H24ClN5O3S. The number of likely N-dealkylation sites (N-methyl/N-ethyl adjacent to an activating group) is 1. The van der Waals surface area contributed by atoms with Gasteiger partial charge < -0.3 is 9.64 Å². The molecule has 0 aliphatic rings. The van der Waals surface area contributed by atoms with Gasteiger partial charge in [0.1, 0.15) is 18.0 Å². The van der Waals surface area contributed by atoms with E-state index in [1.165, 1.54) is 17.4 Å². The van der Waals surface area contributed by atoms with Crippen molar-refractivity contribution in [3.63, 3.8) is 0 Å². The Balaban J connectivity index is 1.56. The minimum absolute atomic E-state index is 0.0248. The largest absolute Gasteiger partial charge is 0.490 e. The van der Waals surface area contributed by atoms with Crippen molar-refractivity contribution in [3.05, 3.63) is 86.2 Å². The Morgan fingerprint density at radius 1 is 1.18 bits per heavy atom. The molecule has 34 heavy (non-hydrogen) atoms. The zero-order valence-corrected chi connectivity index (χ0v) is 20.4. The average Bonchev–Trinajstić information content (AvgIpc) is 3.47. The molecule has 3 aromatic heterocycles. The fourth-order valence-corrected chi connectivity index (χ4v) is 4.31. The van der Waals surface area contributed by atoms with Gasteiger partial charge in [0.05, 0.1) is 26.8 Å². The number of thiophene rings is 1. The quantitative estimate of drug-likeness (QED) is 0.309. The van der Waals surface area contributed by atoms with Crippen LogP contribution in [0.15, 0.2) is 65.7 Å². The molecule has 0 fully saturated rings. The topological polar surface area (TPSA) is 82.2 Å². The fraction of sp³-hybridized carbons (Fsp3) is 0.250. The summed E-state index contributed by atoms with van der Waals surface area (Å²) in [6.07, 6.45) is 4.28. The van der Waals surface area contributed by atoms with Crippen LogP contribution in [0, 0.1) is 0 Å². The first-order valence-electron chi connectivity index (χ1n) is 10.7. The van der Waals surface area contributed by atoms with E-state index in [2.05, 4.69) is 10.3 Å². The number of carbonyl (C=O) groups excluding carboxylic acids is 1. The second kappa shape index (κ2) is 10.8. The number of halogens is 1. The van der Waals surface area contributed by atoms with Crippen molar-refractivity contribution in [2.45, 2.75) is 12.8 Å². The van der Waals surface area contributed by atoms with Crippen LogP contribution in [0.4, 0.5) is 0 Å². The minimum atomic E-state index is -0.130. The molecule has 8 nitrogen and oxygen atoms in total. The molecule has 0 aliphatic heterocycles. The minimum Gasteiger partial charge on any atom is -0.490 e. The van der Waals surface area contributed by atoms with Gasteiger partial charge in [-0.2, -0.15) is 0 Å². The number of benzene rings is 1. The summed E-state index contributed by atoms with van der Waals surface area (Å²) in [5, 5.41) is 8.47. The van der Waals surface area contributed by atoms with Crippen molar-refractivity contribution in [1.82, 2.24) is 24.5 Å². The van der Waals surface area contributed by atoms with E-state index in [9.17, 15) is 9.59 Å². The number of carbonyl (C=O) groups is 1. The van der Waals surface area contributed by atoms with Crippen LogP contribution in [0.25, 0.3) is 11.4 Å². The standard InChI is InChI=1S/C24H24ClN5O3S/c1-28(2)13-14-33-21-15-18(29-12-4-3-5-24(29)32)7-8-19(21)30-16-17(26-27-30)6-9-20(31)22-10-11-23(25)34-22/h3-5,7-8,10-12,15-16H,6,9,13-14H2,1-2H3. The highest BCUT2D eigenvalue weighted by Crippen LogP contribution is 2.26. The molecule has 0 N–H and O–H groups in total. The van der Waals surface area contributed by atoms with E-state index in [0.29, 0.717) is 51.5 Å². The second-order valence-electron chi connectivity index (χ2n) is 7.89. The van der Waals surface area contributed by atoms with Crippen molar-refractivity contribution in [2.24, 2.45) is 0 Å². The Morgan fingerprint density at radius 2 is 2.03 bits per heavy atom. The summed E-state index contributed by atoms with van der Waals surface area (Å²) in [5.74, 6) is 0.604. The SMILES string of the molecule is CN(C)CCOc1cc(-n2ccccc2=O)ccc1-n1cc(CCC(=O)c2ccc(Cl)s2)nn1. The average molecular weight is 498 g/mol. The first-order chi connectivity index (χ1) is 16.4. The first kappa shape index (κ1) is 23.9. The fourth-order valence-electron chi connectivity index (χ4n) is 3.30. The van der Waals surface area contributed by atoms with E-state index in [4.69, 9.17) is 16.3 Å². The van der Waals surface area contributed by atoms with Crippen molar-refractivity contribution in [1.29, 1.82) is 0 Å². The third-order valence-electron chi connectivity index (χ3n) is 5.08. The molecule has 0 saturated heterocycles. The molecule has 176 valence electrons. The molecule has 0 saturated carbocycles. The number of ether oxygens (including phenoxy) is 1. The summed E-state index contributed by atoms with van der Waals surface area (Å²) in [5.41, 5.74) is 1.95. The van der Waals surface area contributed by atoms with Crippen LogP contribution in [0.5, 0.6) is 5.75 Å². The van der Waals surface area contributed by atoms with Crippen molar-refractivity contribution >= 4 is 28.7 Å². The molecule has 1 aromatic carbocycles. The van der Waals surface area contributed by atoms with Gasteiger partial charge in [0.15, 0.2) is 5.78 Å². The van der Waals surface area contributed by atoms with E-state index in [1.54, 1.807) is 45.9 Å². The number of aromatic nitrogens is 4. The Bertz CT molecular complexity index is 1340. The lowest BCUT2D eigenvalue weighted by Crippen LogP contribution is -2.20. The molecule has 0 unspecified atom stereocenters. The highest BCUT2D eigenvalue weighted by molar-refractivity contribution is 7.18. The van der Waals surface area contributed by atoms with Gasteiger partial charge in [-0.15, -0.1) is 16.4 Å². The first-order valence-corrected chi connectivity index (χ1v) is 11.9. The third kappa shape index (κ3) is 5.80. The maximum Gasteiger partial charge on any atom is 0.255 e. The van der Waals surface area contributed by atoms with Gasteiger partial charge in [0, 0.05) is 37.7 Å². The lowest BCUT2D eigenvalue weighted by Gasteiger charge is -2.15. The van der Waals surface area contributed by atoms with E-state index in [-0.39, 0.29) is 11.3 Å². The number of Topliss-reactive ketones (excluding diaryl/α,β-unsaturated/α-hetero) is 1. The van der Waals surface area contributed by atoms with Gasteiger partial charge in [-0.05, 0) is 44.4 Å². The lowest BCUT2D eigenvalue weighted by atomic mass is 10.1. The molecule has 3 heterocycles. The second-order valence-corrected chi connectivity index (χ2v) is 9.61. The molecule has 4 aromatic rings. The molecule has 0 spiro atoms. The van der Waals surface area contributed by atoms with Gasteiger partial charge in [0.25, 0.3) is 5.56 Å². The summed E-state index contributed by atoms with van der Waals surface area (Å²) >= 11 is 7.20. The van der Waals surface area contributed by atoms with Gasteiger partial charge in [0.2, 0.25) is 0 Å². The number of hydrogen-bond acceptors (Lipinski definition) is 7. The van der Waals surface area contributed by atoms with Crippen LogP contribution in [0.2, 0.25) is 4.34 Å². The van der Waals surface area contributed by atoms with Crippen LogP contribution in [0.3, 0.4) is 0 Å². The Kier molecular flexibility index (Phi) is 7.56. The summed E-state index contributed by atoms with van der Waals surface area (Å²) in [6.45, 7) is 1.19. The van der Waals surface area contributed by atoms with Crippen molar-refractivity contribution in [2.75, 3.05) is 27.2 Å². The Labute approximate surface area is 206 Å². The van der Waals surface area contributed by atoms with Gasteiger partial charge in [-0.3, -0.25) is 14.2 Å². The molecule has 0 radical (unpaired) electrons. The van der Waals surface area contributed by atoms with Crippen molar-refractivity contribution < 1.29 is 9.53 Å². The number of pyridine rings is 1. The molecule has 0 atom stereocenters. The normalized spacial score (nSPS) is 11.2. The van der Waals surface area contributed by atoms with E-state index >= 15 is 0 Å². The van der Waals surface area contributed by atoms with Gasteiger partial charge in [-0.25, -0.2) is 4.68 Å². The summed E-state index contributed by atoms with van der Waals surface area (Å²) in [6, 6.07) is 14.0. The van der Waals surface area contributed by atoms with Crippen LogP contribution in [-0.4, -0.2) is 57.5 Å². The molecular weight excluding hydrogens is 474 g/mol. The van der Waals surface area contributed by atoms with Crippen LogP contribution < -0.4 is 10.3 Å². The maximum atomic E-state index is 12.4. The predicted molar refractivity (Wildman–Crippen MR) is 133 cm³/mol. The van der Waals surface area contributed by atoms with E-state index in [0.717, 1.165) is 6.54 Å². The molecule has 0 aliphatic carbocycles. The van der Waals surface area contributed by atoms with Gasteiger partial charge in [-0.1, -0.05) is 22.9 Å². The zero-order chi connectivity index (χ0) is 24.1. The predicted octanol–water partition coefficient (Wildman–Crippen LogP) is 3.89.